The number of hydrogen-bond donors (Lipinski definition) is 0. The number of amides is 1. The first-order chi connectivity index (χ1) is 7.58. The first kappa shape index (κ1) is 10.3. The van der Waals surface area contributed by atoms with E-state index in [0.29, 0.717) is 11.3 Å². The molecule has 1 amide bonds. The van der Waals surface area contributed by atoms with Gasteiger partial charge in [0.05, 0.1) is 17.1 Å². The Morgan fingerprint density at radius 3 is 2.81 bits per heavy atom. The number of rotatable bonds is 2. The number of nitro benzene ring substituents is 1. The second-order valence-corrected chi connectivity index (χ2v) is 3.45. The molecule has 1 aromatic rings. The fourth-order valence-corrected chi connectivity index (χ4v) is 1.49. The topological polar surface area (TPSA) is 75.8 Å². The molecular formula is C10H9N3O3. The molecule has 0 saturated carbocycles. The van der Waals surface area contributed by atoms with Crippen LogP contribution in [0.15, 0.2) is 29.4 Å². The lowest BCUT2D eigenvalue weighted by Gasteiger charge is -1.99. The molecule has 0 unspecified atom stereocenters. The quantitative estimate of drug-likeness (QED) is 0.553. The molecule has 1 heterocycles. The van der Waals surface area contributed by atoms with Gasteiger partial charge in [-0.15, -0.1) is 0 Å². The van der Waals surface area contributed by atoms with Crippen molar-refractivity contribution in [1.29, 1.82) is 0 Å². The van der Waals surface area contributed by atoms with Crippen molar-refractivity contribution in [3.63, 3.8) is 0 Å². The Bertz CT molecular complexity index is 496. The molecule has 16 heavy (non-hydrogen) atoms. The number of non-ortho nitro benzene ring substituents is 1. The average molecular weight is 219 g/mol. The first-order valence-corrected chi connectivity index (χ1v) is 4.67. The number of carbonyl (C=O) groups is 1. The van der Waals surface area contributed by atoms with Crippen molar-refractivity contribution < 1.29 is 9.72 Å². The summed E-state index contributed by atoms with van der Waals surface area (Å²) in [5, 5.41) is 15.8. The van der Waals surface area contributed by atoms with Crippen molar-refractivity contribution in [3.8, 4) is 0 Å². The van der Waals surface area contributed by atoms with Gasteiger partial charge in [0.25, 0.3) is 5.69 Å². The van der Waals surface area contributed by atoms with Gasteiger partial charge in [0.15, 0.2) is 0 Å². The van der Waals surface area contributed by atoms with E-state index in [1.165, 1.54) is 17.1 Å². The fourth-order valence-electron chi connectivity index (χ4n) is 1.49. The molecular weight excluding hydrogens is 210 g/mol. The smallest absolute Gasteiger partial charge is 0.270 e. The lowest BCUT2D eigenvalue weighted by Crippen LogP contribution is -2.14. The fraction of sp³-hybridized carbons (Fsp3) is 0.200. The van der Waals surface area contributed by atoms with Crippen LogP contribution in [0.1, 0.15) is 12.0 Å². The third-order valence-corrected chi connectivity index (χ3v) is 2.34. The Hall–Kier alpha value is -2.24. The van der Waals surface area contributed by atoms with Crippen molar-refractivity contribution in [2.24, 2.45) is 5.10 Å². The third-order valence-electron chi connectivity index (χ3n) is 2.34. The molecule has 0 N–H and O–H groups in total. The maximum absolute atomic E-state index is 11.3. The predicted molar refractivity (Wildman–Crippen MR) is 57.0 cm³/mol. The number of nitrogens with zero attached hydrogens (tertiary/aromatic N) is 3. The van der Waals surface area contributed by atoms with Crippen LogP contribution in [-0.2, 0) is 4.79 Å². The van der Waals surface area contributed by atoms with Crippen LogP contribution >= 0.6 is 0 Å². The zero-order valence-electron chi connectivity index (χ0n) is 8.58. The normalized spacial score (nSPS) is 15.2. The van der Waals surface area contributed by atoms with Gasteiger partial charge in [0.2, 0.25) is 5.91 Å². The number of nitro groups is 1. The van der Waals surface area contributed by atoms with Crippen LogP contribution in [0, 0.1) is 10.1 Å². The summed E-state index contributed by atoms with van der Waals surface area (Å²) in [5.74, 6) is -0.110. The van der Waals surface area contributed by atoms with Gasteiger partial charge in [0.1, 0.15) is 0 Å². The van der Waals surface area contributed by atoms with Crippen LogP contribution < -0.4 is 0 Å². The van der Waals surface area contributed by atoms with E-state index in [2.05, 4.69) is 5.10 Å². The molecule has 82 valence electrons. The van der Waals surface area contributed by atoms with Gasteiger partial charge >= 0.3 is 0 Å². The second kappa shape index (κ2) is 3.73. The van der Waals surface area contributed by atoms with E-state index < -0.39 is 4.92 Å². The minimum absolute atomic E-state index is 0.00204. The largest absolute Gasteiger partial charge is 0.273 e. The molecule has 0 fully saturated rings. The predicted octanol–water partition coefficient (Wildman–Crippen LogP) is 1.16. The zero-order valence-corrected chi connectivity index (χ0v) is 8.58. The van der Waals surface area contributed by atoms with Crippen LogP contribution in [0.2, 0.25) is 0 Å². The molecule has 0 spiro atoms. The van der Waals surface area contributed by atoms with Crippen LogP contribution in [0.4, 0.5) is 5.69 Å². The zero-order chi connectivity index (χ0) is 11.7. The van der Waals surface area contributed by atoms with Crippen LogP contribution in [0.25, 0.3) is 0 Å². The Morgan fingerprint density at radius 2 is 2.25 bits per heavy atom. The van der Waals surface area contributed by atoms with Crippen LogP contribution in [0.5, 0.6) is 0 Å². The van der Waals surface area contributed by atoms with Crippen LogP contribution in [0.3, 0.4) is 0 Å². The molecule has 2 rings (SSSR count). The summed E-state index contributed by atoms with van der Waals surface area (Å²) in [5.41, 5.74) is 1.19. The molecule has 6 nitrogen and oxygen atoms in total. The number of hydrogen-bond acceptors (Lipinski definition) is 4. The van der Waals surface area contributed by atoms with Crippen molar-refractivity contribution in [1.82, 2.24) is 5.01 Å². The van der Waals surface area contributed by atoms with Gasteiger partial charge in [0, 0.05) is 24.7 Å². The second-order valence-electron chi connectivity index (χ2n) is 3.45. The molecule has 0 atom stereocenters. The highest BCUT2D eigenvalue weighted by molar-refractivity contribution is 6.13. The summed E-state index contributed by atoms with van der Waals surface area (Å²) < 4.78 is 0. The number of hydrazone groups is 1. The molecule has 1 aliphatic heterocycles. The molecule has 1 aromatic carbocycles. The summed E-state index contributed by atoms with van der Waals surface area (Å²) in [6.45, 7) is 0. The van der Waals surface area contributed by atoms with Gasteiger partial charge in [-0.3, -0.25) is 14.9 Å². The Balaban J connectivity index is 2.35. The molecule has 6 heteroatoms. The van der Waals surface area contributed by atoms with Gasteiger partial charge < -0.3 is 0 Å². The standard InChI is InChI=1S/C10H9N3O3/c1-12-10(14)6-9(11-12)7-3-2-4-8(5-7)13(15)16/h2-5H,6H2,1H3. The Kier molecular flexibility index (Phi) is 2.40. The van der Waals surface area contributed by atoms with E-state index in [9.17, 15) is 14.9 Å². The van der Waals surface area contributed by atoms with Gasteiger partial charge in [-0.1, -0.05) is 12.1 Å². The van der Waals surface area contributed by atoms with E-state index in [1.54, 1.807) is 19.2 Å². The summed E-state index contributed by atoms with van der Waals surface area (Å²) >= 11 is 0. The number of benzene rings is 1. The van der Waals surface area contributed by atoms with E-state index in [4.69, 9.17) is 0 Å². The monoisotopic (exact) mass is 219 g/mol. The maximum Gasteiger partial charge on any atom is 0.270 e. The lowest BCUT2D eigenvalue weighted by molar-refractivity contribution is -0.384. The highest BCUT2D eigenvalue weighted by Gasteiger charge is 2.22. The molecule has 0 radical (unpaired) electrons. The van der Waals surface area contributed by atoms with Crippen molar-refractivity contribution in [2.75, 3.05) is 7.05 Å². The van der Waals surface area contributed by atoms with E-state index >= 15 is 0 Å². The Labute approximate surface area is 91.3 Å². The Morgan fingerprint density at radius 1 is 1.50 bits per heavy atom. The summed E-state index contributed by atoms with van der Waals surface area (Å²) in [7, 11) is 1.56. The summed E-state index contributed by atoms with van der Waals surface area (Å²) in [6, 6.07) is 6.12. The highest BCUT2D eigenvalue weighted by atomic mass is 16.6. The van der Waals surface area contributed by atoms with E-state index in [0.717, 1.165) is 0 Å². The number of carbonyl (C=O) groups excluding carboxylic acids is 1. The summed E-state index contributed by atoms with van der Waals surface area (Å²) in [4.78, 5) is 21.4. The highest BCUT2D eigenvalue weighted by Crippen LogP contribution is 2.18. The SMILES string of the molecule is CN1N=C(c2cccc([N+](=O)[O-])c2)CC1=O. The van der Waals surface area contributed by atoms with Crippen LogP contribution in [-0.4, -0.2) is 28.6 Å². The molecule has 0 bridgehead atoms. The van der Waals surface area contributed by atoms with Gasteiger partial charge in [-0.25, -0.2) is 5.01 Å². The third kappa shape index (κ3) is 1.77. The van der Waals surface area contributed by atoms with Crippen molar-refractivity contribution in [2.45, 2.75) is 6.42 Å². The first-order valence-electron chi connectivity index (χ1n) is 4.67. The van der Waals surface area contributed by atoms with Crippen molar-refractivity contribution >= 4 is 17.3 Å². The average Bonchev–Trinajstić information content (AvgIpc) is 2.59. The van der Waals surface area contributed by atoms with E-state index in [1.807, 2.05) is 0 Å². The molecule has 0 aromatic heterocycles. The van der Waals surface area contributed by atoms with E-state index in [-0.39, 0.29) is 18.0 Å². The van der Waals surface area contributed by atoms with Gasteiger partial charge in [-0.05, 0) is 0 Å². The molecule has 1 aliphatic rings. The minimum Gasteiger partial charge on any atom is -0.273 e. The minimum atomic E-state index is -0.468. The van der Waals surface area contributed by atoms with Crippen molar-refractivity contribution in [3.05, 3.63) is 39.9 Å². The summed E-state index contributed by atoms with van der Waals surface area (Å²) in [6.07, 6.45) is 0.192. The molecule has 0 saturated heterocycles. The molecule has 0 aliphatic carbocycles. The lowest BCUT2D eigenvalue weighted by atomic mass is 10.1. The van der Waals surface area contributed by atoms with Gasteiger partial charge in [-0.2, -0.15) is 5.10 Å². The maximum atomic E-state index is 11.3.